The Morgan fingerprint density at radius 1 is 1.26 bits per heavy atom. The van der Waals surface area contributed by atoms with Gasteiger partial charge in [-0.2, -0.15) is 16.9 Å². The maximum absolute atomic E-state index is 11.7. The third-order valence-electron chi connectivity index (χ3n) is 3.07. The Balaban J connectivity index is 2.31. The number of thioether (sulfide) groups is 1. The number of nitrogens with one attached hydrogen (secondary N) is 1. The number of thiophene rings is 1. The Labute approximate surface area is 150 Å². The average Bonchev–Trinajstić information content (AvgIpc) is 2.98. The number of hydrazone groups is 1. The van der Waals surface area contributed by atoms with Crippen molar-refractivity contribution in [2.24, 2.45) is 5.10 Å². The minimum Gasteiger partial charge on any atom is -0.273 e. The van der Waals surface area contributed by atoms with E-state index < -0.39 is 0 Å². The van der Waals surface area contributed by atoms with Crippen molar-refractivity contribution in [3.63, 3.8) is 0 Å². The molecule has 0 aliphatic heterocycles. The van der Waals surface area contributed by atoms with E-state index in [1.165, 1.54) is 4.88 Å². The average molecular weight is 367 g/mol. The molecule has 0 aliphatic carbocycles. The number of hydrogen-bond acceptors (Lipinski definition) is 4. The first kappa shape index (κ1) is 18.0. The van der Waals surface area contributed by atoms with Crippen molar-refractivity contribution in [1.82, 2.24) is 5.43 Å². The normalized spacial score (nSPS) is 11.5. The molecule has 0 bridgehead atoms. The van der Waals surface area contributed by atoms with Crippen molar-refractivity contribution in [1.29, 1.82) is 0 Å². The standard InChI is InChI=1S/C17H19ClN2OS2/c1-3-4-16(21)19-20-17(12-5-7-13(18)8-6-12)15-10-9-14(23-15)11-22-2/h5-10H,3-4,11H2,1-2H3,(H,19,21). The molecule has 3 nitrogen and oxygen atoms in total. The third-order valence-corrected chi connectivity index (χ3v) is 5.20. The van der Waals surface area contributed by atoms with E-state index in [0.717, 1.165) is 28.3 Å². The Kier molecular flexibility index (Phi) is 7.15. The zero-order chi connectivity index (χ0) is 16.7. The molecule has 0 aliphatic rings. The van der Waals surface area contributed by atoms with Crippen LogP contribution in [0, 0.1) is 0 Å². The first-order valence-electron chi connectivity index (χ1n) is 7.34. The molecule has 0 saturated heterocycles. The maximum Gasteiger partial charge on any atom is 0.240 e. The number of carbonyl (C=O) groups is 1. The number of nitrogens with zero attached hydrogens (tertiary/aromatic N) is 1. The Morgan fingerprint density at radius 2 is 2.00 bits per heavy atom. The summed E-state index contributed by atoms with van der Waals surface area (Å²) in [4.78, 5) is 14.1. The molecular weight excluding hydrogens is 348 g/mol. The third kappa shape index (κ3) is 5.37. The fourth-order valence-corrected chi connectivity index (χ4v) is 3.91. The molecule has 0 atom stereocenters. The highest BCUT2D eigenvalue weighted by atomic mass is 35.5. The van der Waals surface area contributed by atoms with Gasteiger partial charge < -0.3 is 0 Å². The van der Waals surface area contributed by atoms with Crippen molar-refractivity contribution >= 4 is 46.3 Å². The number of benzene rings is 1. The van der Waals surface area contributed by atoms with Gasteiger partial charge in [-0.25, -0.2) is 5.43 Å². The maximum atomic E-state index is 11.7. The summed E-state index contributed by atoms with van der Waals surface area (Å²) in [5.41, 5.74) is 4.36. The fraction of sp³-hybridized carbons (Fsp3) is 0.294. The summed E-state index contributed by atoms with van der Waals surface area (Å²) in [5.74, 6) is 0.903. The fourth-order valence-electron chi connectivity index (χ4n) is 2.00. The van der Waals surface area contributed by atoms with Gasteiger partial charge in [0.05, 0.1) is 4.88 Å². The molecule has 1 N–H and O–H groups in total. The predicted molar refractivity (Wildman–Crippen MR) is 102 cm³/mol. The van der Waals surface area contributed by atoms with Crippen molar-refractivity contribution in [2.45, 2.75) is 25.5 Å². The largest absolute Gasteiger partial charge is 0.273 e. The number of amides is 1. The minimum absolute atomic E-state index is 0.0696. The molecule has 0 spiro atoms. The van der Waals surface area contributed by atoms with Gasteiger partial charge in [-0.3, -0.25) is 4.79 Å². The molecule has 23 heavy (non-hydrogen) atoms. The molecule has 0 saturated carbocycles. The van der Waals surface area contributed by atoms with Gasteiger partial charge in [-0.1, -0.05) is 30.7 Å². The second kappa shape index (κ2) is 9.11. The molecule has 6 heteroatoms. The lowest BCUT2D eigenvalue weighted by Gasteiger charge is -2.06. The number of hydrogen-bond donors (Lipinski definition) is 1. The second-order valence-corrected chi connectivity index (χ2v) is 7.42. The Bertz CT molecular complexity index is 680. The van der Waals surface area contributed by atoms with Crippen molar-refractivity contribution in [3.05, 3.63) is 56.7 Å². The van der Waals surface area contributed by atoms with E-state index in [4.69, 9.17) is 11.6 Å². The highest BCUT2D eigenvalue weighted by Crippen LogP contribution is 2.24. The Morgan fingerprint density at radius 3 is 2.65 bits per heavy atom. The summed E-state index contributed by atoms with van der Waals surface area (Å²) >= 11 is 9.45. The molecule has 0 unspecified atom stereocenters. The van der Waals surface area contributed by atoms with Crippen molar-refractivity contribution in [3.8, 4) is 0 Å². The molecule has 1 aromatic carbocycles. The highest BCUT2D eigenvalue weighted by Gasteiger charge is 2.11. The summed E-state index contributed by atoms with van der Waals surface area (Å²) < 4.78 is 0. The van der Waals surface area contributed by atoms with Crippen LogP contribution in [0.2, 0.25) is 5.02 Å². The summed E-state index contributed by atoms with van der Waals surface area (Å²) in [5, 5.41) is 5.04. The zero-order valence-corrected chi connectivity index (χ0v) is 15.5. The molecular formula is C17H19ClN2OS2. The van der Waals surface area contributed by atoms with E-state index in [0.29, 0.717) is 11.4 Å². The van der Waals surface area contributed by atoms with E-state index in [1.54, 1.807) is 23.1 Å². The lowest BCUT2D eigenvalue weighted by molar-refractivity contribution is -0.121. The van der Waals surface area contributed by atoms with Crippen LogP contribution in [0.3, 0.4) is 0 Å². The zero-order valence-electron chi connectivity index (χ0n) is 13.1. The topological polar surface area (TPSA) is 41.5 Å². The van der Waals surface area contributed by atoms with Gasteiger partial charge in [0, 0.05) is 27.6 Å². The van der Waals surface area contributed by atoms with E-state index in [1.807, 2.05) is 31.2 Å². The van der Waals surface area contributed by atoms with Crippen LogP contribution in [0.5, 0.6) is 0 Å². The van der Waals surface area contributed by atoms with Crippen LogP contribution in [-0.2, 0) is 10.5 Å². The SMILES string of the molecule is CCCC(=O)NN=C(c1ccc(Cl)cc1)c1ccc(CSC)s1. The van der Waals surface area contributed by atoms with Crippen LogP contribution in [0.15, 0.2) is 41.5 Å². The first-order valence-corrected chi connectivity index (χ1v) is 9.93. The summed E-state index contributed by atoms with van der Waals surface area (Å²) in [6.45, 7) is 1.97. The molecule has 1 heterocycles. The van der Waals surface area contributed by atoms with Crippen LogP contribution in [0.1, 0.15) is 35.1 Å². The van der Waals surface area contributed by atoms with E-state index in [9.17, 15) is 4.79 Å². The highest BCUT2D eigenvalue weighted by molar-refractivity contribution is 7.97. The van der Waals surface area contributed by atoms with E-state index in [-0.39, 0.29) is 5.91 Å². The van der Waals surface area contributed by atoms with E-state index in [2.05, 4.69) is 28.9 Å². The van der Waals surface area contributed by atoms with E-state index >= 15 is 0 Å². The number of carbonyl (C=O) groups excluding carboxylic acids is 1. The van der Waals surface area contributed by atoms with Gasteiger partial charge in [0.1, 0.15) is 5.71 Å². The van der Waals surface area contributed by atoms with Crippen LogP contribution in [0.25, 0.3) is 0 Å². The molecule has 2 aromatic rings. The second-order valence-electron chi connectivity index (χ2n) is 4.95. The first-order chi connectivity index (χ1) is 11.1. The molecule has 122 valence electrons. The predicted octanol–water partition coefficient (Wildman–Crippen LogP) is 4.93. The smallest absolute Gasteiger partial charge is 0.240 e. The van der Waals surface area contributed by atoms with Gasteiger partial charge in [-0.15, -0.1) is 11.3 Å². The summed E-state index contributed by atoms with van der Waals surface area (Å²) in [6.07, 6.45) is 3.35. The summed E-state index contributed by atoms with van der Waals surface area (Å²) in [7, 11) is 0. The van der Waals surface area contributed by atoms with Crippen LogP contribution in [-0.4, -0.2) is 17.9 Å². The van der Waals surface area contributed by atoms with Gasteiger partial charge in [0.2, 0.25) is 5.91 Å². The van der Waals surface area contributed by atoms with Gasteiger partial charge >= 0.3 is 0 Å². The van der Waals surface area contributed by atoms with Crippen molar-refractivity contribution in [2.75, 3.05) is 6.26 Å². The molecule has 0 fully saturated rings. The quantitative estimate of drug-likeness (QED) is 0.557. The van der Waals surface area contributed by atoms with Crippen molar-refractivity contribution < 1.29 is 4.79 Å². The lowest BCUT2D eigenvalue weighted by atomic mass is 10.1. The molecule has 0 radical (unpaired) electrons. The monoisotopic (exact) mass is 366 g/mol. The molecule has 1 aromatic heterocycles. The van der Waals surface area contributed by atoms with Gasteiger partial charge in [0.15, 0.2) is 0 Å². The van der Waals surface area contributed by atoms with Crippen LogP contribution < -0.4 is 5.43 Å². The van der Waals surface area contributed by atoms with Gasteiger partial charge in [0.25, 0.3) is 0 Å². The summed E-state index contributed by atoms with van der Waals surface area (Å²) in [6, 6.07) is 11.7. The van der Waals surface area contributed by atoms with Crippen LogP contribution in [0.4, 0.5) is 0 Å². The Hall–Kier alpha value is -1.30. The minimum atomic E-state index is -0.0696. The van der Waals surface area contributed by atoms with Gasteiger partial charge in [-0.05, 0) is 36.9 Å². The number of halogens is 1. The lowest BCUT2D eigenvalue weighted by Crippen LogP contribution is -2.19. The molecule has 2 rings (SSSR count). The number of rotatable bonds is 7. The van der Waals surface area contributed by atoms with Crippen LogP contribution >= 0.6 is 34.7 Å². The molecule has 1 amide bonds.